The van der Waals surface area contributed by atoms with Gasteiger partial charge in [-0.05, 0) is 24.6 Å². The number of benzene rings is 1. The molecule has 0 spiro atoms. The first-order valence-corrected chi connectivity index (χ1v) is 5.14. The zero-order valence-electron chi connectivity index (χ0n) is 8.59. The molecule has 0 atom stereocenters. The average Bonchev–Trinajstić information content (AvgIpc) is 2.48. The predicted molar refractivity (Wildman–Crippen MR) is 56.7 cm³/mol. The van der Waals surface area contributed by atoms with Gasteiger partial charge in [-0.25, -0.2) is 4.39 Å². The van der Waals surface area contributed by atoms with E-state index in [0.717, 1.165) is 31.3 Å². The van der Waals surface area contributed by atoms with E-state index in [1.165, 1.54) is 0 Å². The zero-order valence-corrected chi connectivity index (χ0v) is 8.59. The van der Waals surface area contributed by atoms with Gasteiger partial charge in [0.1, 0.15) is 5.82 Å². The molecule has 0 unspecified atom stereocenters. The maximum atomic E-state index is 13.4. The number of ether oxygens (including phenoxy) is 1. The highest BCUT2D eigenvalue weighted by Crippen LogP contribution is 2.35. The number of aryl methyl sites for hydroxylation is 1. The van der Waals surface area contributed by atoms with E-state index in [2.05, 4.69) is 10.2 Å². The van der Waals surface area contributed by atoms with E-state index in [4.69, 9.17) is 4.74 Å². The summed E-state index contributed by atoms with van der Waals surface area (Å²) in [6.07, 6.45) is 0. The summed E-state index contributed by atoms with van der Waals surface area (Å²) >= 11 is 0. The van der Waals surface area contributed by atoms with E-state index in [0.29, 0.717) is 11.6 Å². The van der Waals surface area contributed by atoms with Gasteiger partial charge in [0, 0.05) is 0 Å². The summed E-state index contributed by atoms with van der Waals surface area (Å²) in [5.74, 6) is -0.136. The number of halogens is 1. The molecule has 0 amide bonds. The maximum Gasteiger partial charge on any atom is 0.128 e. The summed E-state index contributed by atoms with van der Waals surface area (Å²) in [4.78, 5) is 2.17. The average molecular weight is 208 g/mol. The second-order valence-corrected chi connectivity index (χ2v) is 4.11. The molecule has 2 aliphatic heterocycles. The Bertz CT molecular complexity index is 404. The van der Waals surface area contributed by atoms with Crippen molar-refractivity contribution in [2.45, 2.75) is 13.0 Å². The SMILES string of the molecule is Cc1cc2c(cc1F)N(C1COC1)CN2. The minimum absolute atomic E-state index is 0.136. The molecule has 1 saturated heterocycles. The molecule has 1 aromatic carbocycles. The first-order valence-electron chi connectivity index (χ1n) is 5.14. The number of hydrogen-bond acceptors (Lipinski definition) is 3. The van der Waals surface area contributed by atoms with E-state index in [-0.39, 0.29) is 5.82 Å². The van der Waals surface area contributed by atoms with Crippen LogP contribution in [0.1, 0.15) is 5.56 Å². The molecule has 80 valence electrons. The molecule has 1 fully saturated rings. The van der Waals surface area contributed by atoms with Gasteiger partial charge in [0.25, 0.3) is 0 Å². The molecule has 0 bridgehead atoms. The molecule has 1 aromatic rings. The van der Waals surface area contributed by atoms with Crippen molar-refractivity contribution in [1.82, 2.24) is 0 Å². The van der Waals surface area contributed by atoms with Gasteiger partial charge in [0.05, 0.1) is 37.3 Å². The number of fused-ring (bicyclic) bond motifs is 1. The number of nitrogens with one attached hydrogen (secondary N) is 1. The number of anilines is 2. The van der Waals surface area contributed by atoms with Crippen LogP contribution in [0.4, 0.5) is 15.8 Å². The number of hydrogen-bond donors (Lipinski definition) is 1. The van der Waals surface area contributed by atoms with Crippen molar-refractivity contribution in [3.63, 3.8) is 0 Å². The quantitative estimate of drug-likeness (QED) is 0.760. The molecule has 2 aliphatic rings. The van der Waals surface area contributed by atoms with Crippen LogP contribution in [0.2, 0.25) is 0 Å². The van der Waals surface area contributed by atoms with E-state index >= 15 is 0 Å². The van der Waals surface area contributed by atoms with Crippen LogP contribution in [0.15, 0.2) is 12.1 Å². The minimum atomic E-state index is -0.136. The molecule has 0 aromatic heterocycles. The fourth-order valence-electron chi connectivity index (χ4n) is 2.03. The van der Waals surface area contributed by atoms with Crippen LogP contribution in [0.25, 0.3) is 0 Å². The molecule has 4 heteroatoms. The van der Waals surface area contributed by atoms with Gasteiger partial charge in [-0.2, -0.15) is 0 Å². The summed E-state index contributed by atoms with van der Waals surface area (Å²) in [5.41, 5.74) is 2.68. The van der Waals surface area contributed by atoms with Crippen molar-refractivity contribution in [1.29, 1.82) is 0 Å². The minimum Gasteiger partial charge on any atom is -0.377 e. The smallest absolute Gasteiger partial charge is 0.128 e. The van der Waals surface area contributed by atoms with Gasteiger partial charge >= 0.3 is 0 Å². The normalized spacial score (nSPS) is 19.7. The molecule has 3 rings (SSSR count). The fraction of sp³-hybridized carbons (Fsp3) is 0.455. The van der Waals surface area contributed by atoms with Gasteiger partial charge in [0.2, 0.25) is 0 Å². The van der Waals surface area contributed by atoms with Crippen molar-refractivity contribution >= 4 is 11.4 Å². The monoisotopic (exact) mass is 208 g/mol. The summed E-state index contributed by atoms with van der Waals surface area (Å²) in [5, 5.41) is 3.27. The predicted octanol–water partition coefficient (Wildman–Crippen LogP) is 1.72. The maximum absolute atomic E-state index is 13.4. The van der Waals surface area contributed by atoms with Crippen molar-refractivity contribution in [2.75, 3.05) is 30.1 Å². The molecule has 15 heavy (non-hydrogen) atoms. The Hall–Kier alpha value is -1.29. The highest BCUT2D eigenvalue weighted by Gasteiger charge is 2.31. The Balaban J connectivity index is 1.98. The highest BCUT2D eigenvalue weighted by molar-refractivity contribution is 5.76. The van der Waals surface area contributed by atoms with Crippen LogP contribution < -0.4 is 10.2 Å². The fourth-order valence-corrected chi connectivity index (χ4v) is 2.03. The van der Waals surface area contributed by atoms with Gasteiger partial charge in [-0.3, -0.25) is 0 Å². The second-order valence-electron chi connectivity index (χ2n) is 4.11. The van der Waals surface area contributed by atoms with E-state index in [1.54, 1.807) is 13.0 Å². The molecule has 3 nitrogen and oxygen atoms in total. The molecule has 0 saturated carbocycles. The molecule has 0 radical (unpaired) electrons. The Kier molecular flexibility index (Phi) is 1.85. The first kappa shape index (κ1) is 8.97. The van der Waals surface area contributed by atoms with Crippen LogP contribution in [-0.2, 0) is 4.74 Å². The topological polar surface area (TPSA) is 24.5 Å². The third-order valence-corrected chi connectivity index (χ3v) is 3.09. The number of nitrogens with zero attached hydrogens (tertiary/aromatic N) is 1. The van der Waals surface area contributed by atoms with E-state index in [9.17, 15) is 4.39 Å². The Morgan fingerprint density at radius 3 is 2.93 bits per heavy atom. The first-order chi connectivity index (χ1) is 7.25. The van der Waals surface area contributed by atoms with Crippen LogP contribution in [0.3, 0.4) is 0 Å². The lowest BCUT2D eigenvalue weighted by molar-refractivity contribution is 0.00915. The van der Waals surface area contributed by atoms with Crippen molar-refractivity contribution < 1.29 is 9.13 Å². The lowest BCUT2D eigenvalue weighted by Gasteiger charge is -2.35. The summed E-state index contributed by atoms with van der Waals surface area (Å²) in [6, 6.07) is 3.88. The lowest BCUT2D eigenvalue weighted by Crippen LogP contribution is -2.49. The van der Waals surface area contributed by atoms with Gasteiger partial charge < -0.3 is 15.0 Å². The molecule has 2 heterocycles. The van der Waals surface area contributed by atoms with Gasteiger partial charge in [-0.15, -0.1) is 0 Å². The van der Waals surface area contributed by atoms with E-state index < -0.39 is 0 Å². The van der Waals surface area contributed by atoms with Crippen LogP contribution >= 0.6 is 0 Å². The Morgan fingerprint density at radius 1 is 1.47 bits per heavy atom. The summed E-state index contributed by atoms with van der Waals surface area (Å²) < 4.78 is 18.6. The summed E-state index contributed by atoms with van der Waals surface area (Å²) in [6.45, 7) is 4.03. The zero-order chi connectivity index (χ0) is 10.4. The highest BCUT2D eigenvalue weighted by atomic mass is 19.1. The molecule has 0 aliphatic carbocycles. The third kappa shape index (κ3) is 1.28. The lowest BCUT2D eigenvalue weighted by atomic mass is 10.1. The van der Waals surface area contributed by atoms with Crippen molar-refractivity contribution in [3.8, 4) is 0 Å². The van der Waals surface area contributed by atoms with Crippen LogP contribution in [0, 0.1) is 12.7 Å². The van der Waals surface area contributed by atoms with Crippen LogP contribution in [0.5, 0.6) is 0 Å². The Morgan fingerprint density at radius 2 is 2.27 bits per heavy atom. The van der Waals surface area contributed by atoms with Crippen molar-refractivity contribution in [3.05, 3.63) is 23.5 Å². The Labute approximate surface area is 87.8 Å². The van der Waals surface area contributed by atoms with Crippen LogP contribution in [-0.4, -0.2) is 25.9 Å². The van der Waals surface area contributed by atoms with Crippen molar-refractivity contribution in [2.24, 2.45) is 0 Å². The third-order valence-electron chi connectivity index (χ3n) is 3.09. The van der Waals surface area contributed by atoms with Gasteiger partial charge in [-0.1, -0.05) is 0 Å². The molecular weight excluding hydrogens is 195 g/mol. The van der Waals surface area contributed by atoms with E-state index in [1.807, 2.05) is 6.07 Å². The standard InChI is InChI=1S/C11H13FN2O/c1-7-2-10-11(3-9(7)12)14(6-13-10)8-4-15-5-8/h2-3,8,13H,4-6H2,1H3. The molecule has 1 N–H and O–H groups in total. The largest absolute Gasteiger partial charge is 0.377 e. The molecular formula is C11H13FN2O. The second kappa shape index (κ2) is 3.10. The summed E-state index contributed by atoms with van der Waals surface area (Å²) in [7, 11) is 0. The van der Waals surface area contributed by atoms with Gasteiger partial charge in [0.15, 0.2) is 0 Å². The number of rotatable bonds is 1.